The SMILES string of the molecule is CCCCCC1C[C@@H]1C[C@@H]1CC1CC1C[C@@H]1C[C@@H]1CC1CCCC(=O)OC. The topological polar surface area (TPSA) is 26.3 Å². The predicted octanol–water partition coefficient (Wildman–Crippen LogP) is 6.62. The molecular weight excluding hydrogens is 332 g/mol. The molecular formula is C25H42O2. The van der Waals surface area contributed by atoms with Crippen molar-refractivity contribution in [2.75, 3.05) is 7.11 Å². The zero-order chi connectivity index (χ0) is 18.8. The van der Waals surface area contributed by atoms with E-state index in [0.717, 1.165) is 53.8 Å². The van der Waals surface area contributed by atoms with Crippen LogP contribution in [0.1, 0.15) is 96.8 Å². The molecule has 0 aliphatic heterocycles. The highest BCUT2D eigenvalue weighted by molar-refractivity contribution is 5.68. The van der Waals surface area contributed by atoms with Crippen molar-refractivity contribution >= 4 is 5.97 Å². The zero-order valence-corrected chi connectivity index (χ0v) is 17.8. The standard InChI is InChI=1S/C25H42O2/c1-3-4-5-7-17-10-19(17)12-21-14-23(21)16-24-15-22(24)13-20-11-18(20)8-6-9-25(26)27-2/h17-24H,3-16H2,1-2H3/t17?,18?,19-,20+,21-,22+,23?,24?/m1/s1. The molecule has 4 aliphatic carbocycles. The third-order valence-corrected chi connectivity index (χ3v) is 8.45. The summed E-state index contributed by atoms with van der Waals surface area (Å²) < 4.78 is 4.74. The number of hydrogen-bond acceptors (Lipinski definition) is 2. The fourth-order valence-electron chi connectivity index (χ4n) is 6.11. The minimum atomic E-state index is -0.0353. The molecule has 0 aromatic carbocycles. The van der Waals surface area contributed by atoms with Gasteiger partial charge in [0.05, 0.1) is 7.11 Å². The third kappa shape index (κ3) is 5.97. The van der Waals surface area contributed by atoms with E-state index in [-0.39, 0.29) is 5.97 Å². The molecule has 0 heterocycles. The summed E-state index contributed by atoms with van der Waals surface area (Å²) in [5.41, 5.74) is 0. The van der Waals surface area contributed by atoms with Crippen LogP contribution in [-0.2, 0) is 9.53 Å². The Labute approximate surface area is 167 Å². The monoisotopic (exact) mass is 374 g/mol. The van der Waals surface area contributed by atoms with Crippen LogP contribution in [0.25, 0.3) is 0 Å². The maximum atomic E-state index is 11.2. The van der Waals surface area contributed by atoms with Crippen LogP contribution in [0.4, 0.5) is 0 Å². The normalized spacial score (nSPS) is 41.3. The molecule has 0 bridgehead atoms. The molecule has 2 nitrogen and oxygen atoms in total. The first kappa shape index (κ1) is 19.8. The lowest BCUT2D eigenvalue weighted by molar-refractivity contribution is -0.140. The lowest BCUT2D eigenvalue weighted by Crippen LogP contribution is -1.99. The Kier molecular flexibility index (Phi) is 6.49. The van der Waals surface area contributed by atoms with E-state index in [1.165, 1.54) is 58.5 Å². The highest BCUT2D eigenvalue weighted by Crippen LogP contribution is 2.60. The highest BCUT2D eigenvalue weighted by Gasteiger charge is 2.50. The molecule has 154 valence electrons. The molecule has 0 aromatic rings. The summed E-state index contributed by atoms with van der Waals surface area (Å²) in [6.45, 7) is 2.32. The number of hydrogen-bond donors (Lipinski definition) is 0. The average Bonchev–Trinajstić information content (AvgIpc) is 3.47. The molecule has 0 N–H and O–H groups in total. The molecule has 4 unspecified atom stereocenters. The second kappa shape index (κ2) is 8.87. The molecule has 4 fully saturated rings. The second-order valence-corrected chi connectivity index (χ2v) is 10.7. The number of carbonyl (C=O) groups excluding carboxylic acids is 1. The molecule has 4 rings (SSSR count). The summed E-state index contributed by atoms with van der Waals surface area (Å²) in [5.74, 6) is 8.56. The summed E-state index contributed by atoms with van der Waals surface area (Å²) in [5, 5.41) is 0. The molecule has 8 atom stereocenters. The highest BCUT2D eigenvalue weighted by atomic mass is 16.5. The molecule has 4 saturated carbocycles. The van der Waals surface area contributed by atoms with E-state index in [9.17, 15) is 4.79 Å². The van der Waals surface area contributed by atoms with Gasteiger partial charge in [0, 0.05) is 6.42 Å². The number of rotatable bonds is 14. The lowest BCUT2D eigenvalue weighted by Gasteiger charge is -2.02. The van der Waals surface area contributed by atoms with E-state index < -0.39 is 0 Å². The van der Waals surface area contributed by atoms with Crippen molar-refractivity contribution in [1.29, 1.82) is 0 Å². The van der Waals surface area contributed by atoms with Crippen LogP contribution in [0.5, 0.6) is 0 Å². The maximum Gasteiger partial charge on any atom is 0.305 e. The van der Waals surface area contributed by atoms with E-state index >= 15 is 0 Å². The summed E-state index contributed by atoms with van der Waals surface area (Å²) in [6.07, 6.45) is 19.5. The Morgan fingerprint density at radius 3 is 1.63 bits per heavy atom. The smallest absolute Gasteiger partial charge is 0.305 e. The van der Waals surface area contributed by atoms with Gasteiger partial charge in [-0.3, -0.25) is 4.79 Å². The van der Waals surface area contributed by atoms with Crippen LogP contribution < -0.4 is 0 Å². The van der Waals surface area contributed by atoms with Crippen LogP contribution in [-0.4, -0.2) is 13.1 Å². The van der Waals surface area contributed by atoms with Crippen LogP contribution in [0.2, 0.25) is 0 Å². The number of carbonyl (C=O) groups is 1. The van der Waals surface area contributed by atoms with Gasteiger partial charge in [-0.25, -0.2) is 0 Å². The number of esters is 1. The molecule has 0 spiro atoms. The van der Waals surface area contributed by atoms with Gasteiger partial charge in [-0.15, -0.1) is 0 Å². The van der Waals surface area contributed by atoms with E-state index in [1.807, 2.05) is 0 Å². The summed E-state index contributed by atoms with van der Waals surface area (Å²) >= 11 is 0. The Morgan fingerprint density at radius 2 is 1.15 bits per heavy atom. The average molecular weight is 375 g/mol. The van der Waals surface area contributed by atoms with Gasteiger partial charge < -0.3 is 4.74 Å². The Morgan fingerprint density at radius 1 is 0.704 bits per heavy atom. The molecule has 2 heteroatoms. The Hall–Kier alpha value is -0.530. The zero-order valence-electron chi connectivity index (χ0n) is 17.8. The molecule has 0 amide bonds. The minimum Gasteiger partial charge on any atom is -0.469 e. The lowest BCUT2D eigenvalue weighted by atomic mass is 10.0. The van der Waals surface area contributed by atoms with Crippen molar-refractivity contribution in [3.63, 3.8) is 0 Å². The molecule has 0 aromatic heterocycles. The quantitative estimate of drug-likeness (QED) is 0.252. The predicted molar refractivity (Wildman–Crippen MR) is 110 cm³/mol. The van der Waals surface area contributed by atoms with Crippen molar-refractivity contribution in [3.8, 4) is 0 Å². The van der Waals surface area contributed by atoms with E-state index in [4.69, 9.17) is 4.74 Å². The number of unbranched alkanes of at least 4 members (excludes halogenated alkanes) is 2. The van der Waals surface area contributed by atoms with Gasteiger partial charge >= 0.3 is 5.97 Å². The molecule has 4 aliphatic rings. The molecule has 0 saturated heterocycles. The van der Waals surface area contributed by atoms with Gasteiger partial charge in [-0.05, 0) is 105 Å². The van der Waals surface area contributed by atoms with Gasteiger partial charge in [0.2, 0.25) is 0 Å². The van der Waals surface area contributed by atoms with Crippen LogP contribution in [0.15, 0.2) is 0 Å². The van der Waals surface area contributed by atoms with Gasteiger partial charge in [-0.2, -0.15) is 0 Å². The van der Waals surface area contributed by atoms with Crippen molar-refractivity contribution in [2.24, 2.45) is 47.3 Å². The van der Waals surface area contributed by atoms with E-state index in [2.05, 4.69) is 6.92 Å². The van der Waals surface area contributed by atoms with Gasteiger partial charge in [0.15, 0.2) is 0 Å². The van der Waals surface area contributed by atoms with Gasteiger partial charge in [0.25, 0.3) is 0 Å². The van der Waals surface area contributed by atoms with Gasteiger partial charge in [0.1, 0.15) is 0 Å². The summed E-state index contributed by atoms with van der Waals surface area (Å²) in [7, 11) is 1.50. The first-order valence-electron chi connectivity index (χ1n) is 12.2. The number of methoxy groups -OCH3 is 1. The fourth-order valence-corrected chi connectivity index (χ4v) is 6.11. The van der Waals surface area contributed by atoms with Crippen LogP contribution >= 0.6 is 0 Å². The molecule has 27 heavy (non-hydrogen) atoms. The Bertz CT molecular complexity index is 501. The summed E-state index contributed by atoms with van der Waals surface area (Å²) in [6, 6.07) is 0. The molecule has 0 radical (unpaired) electrons. The largest absolute Gasteiger partial charge is 0.469 e. The van der Waals surface area contributed by atoms with Crippen LogP contribution in [0.3, 0.4) is 0 Å². The Balaban J connectivity index is 1.00. The minimum absolute atomic E-state index is 0.0353. The maximum absolute atomic E-state index is 11.2. The summed E-state index contributed by atoms with van der Waals surface area (Å²) in [4.78, 5) is 11.2. The van der Waals surface area contributed by atoms with Crippen molar-refractivity contribution in [2.45, 2.75) is 96.8 Å². The van der Waals surface area contributed by atoms with Gasteiger partial charge in [-0.1, -0.05) is 32.6 Å². The van der Waals surface area contributed by atoms with E-state index in [1.54, 1.807) is 25.7 Å². The van der Waals surface area contributed by atoms with Crippen molar-refractivity contribution < 1.29 is 9.53 Å². The van der Waals surface area contributed by atoms with Crippen molar-refractivity contribution in [3.05, 3.63) is 0 Å². The fraction of sp³-hybridized carbons (Fsp3) is 0.960. The van der Waals surface area contributed by atoms with E-state index in [0.29, 0.717) is 6.42 Å². The van der Waals surface area contributed by atoms with Crippen molar-refractivity contribution in [1.82, 2.24) is 0 Å². The first-order valence-corrected chi connectivity index (χ1v) is 12.2. The second-order valence-electron chi connectivity index (χ2n) is 10.7. The number of ether oxygens (including phenoxy) is 1. The third-order valence-electron chi connectivity index (χ3n) is 8.45. The first-order chi connectivity index (χ1) is 13.2. The van der Waals surface area contributed by atoms with Crippen LogP contribution in [0, 0.1) is 47.3 Å².